The normalized spacial score (nSPS) is 23.9. The Kier molecular flexibility index (Phi) is 3.76. The number of fused-ring (bicyclic) bond motifs is 3. The number of anilines is 1. The van der Waals surface area contributed by atoms with Crippen molar-refractivity contribution in [2.45, 2.75) is 37.4 Å². The maximum absolute atomic E-state index is 13.5. The Morgan fingerprint density at radius 3 is 2.78 bits per heavy atom. The molecule has 2 nitrogen and oxygen atoms in total. The lowest BCUT2D eigenvalue weighted by atomic mass is 9.86. The summed E-state index contributed by atoms with van der Waals surface area (Å²) in [5.74, 6) is -0.559. The van der Waals surface area contributed by atoms with Gasteiger partial charge in [-0.25, -0.2) is 4.39 Å². The maximum Gasteiger partial charge on any atom is 0.417 e. The van der Waals surface area contributed by atoms with Gasteiger partial charge in [-0.2, -0.15) is 13.2 Å². The first-order valence-corrected chi connectivity index (χ1v) is 9.45. The van der Waals surface area contributed by atoms with Gasteiger partial charge < -0.3 is 10.2 Å². The quantitative estimate of drug-likeness (QED) is 0.725. The van der Waals surface area contributed by atoms with Gasteiger partial charge in [0.1, 0.15) is 5.82 Å². The minimum Gasteiger partial charge on any atom is -0.367 e. The minimum atomic E-state index is -4.59. The van der Waals surface area contributed by atoms with Gasteiger partial charge in [-0.1, -0.05) is 6.07 Å². The molecule has 2 aromatic carbocycles. The van der Waals surface area contributed by atoms with Crippen LogP contribution < -0.4 is 10.2 Å². The Labute approximate surface area is 155 Å². The van der Waals surface area contributed by atoms with Crippen LogP contribution in [0, 0.1) is 5.82 Å². The van der Waals surface area contributed by atoms with Crippen molar-refractivity contribution in [1.82, 2.24) is 5.32 Å². The zero-order valence-electron chi connectivity index (χ0n) is 14.7. The van der Waals surface area contributed by atoms with E-state index in [4.69, 9.17) is 0 Å². The van der Waals surface area contributed by atoms with Gasteiger partial charge in [-0.05, 0) is 72.3 Å². The summed E-state index contributed by atoms with van der Waals surface area (Å²) in [6.45, 7) is 2.85. The van der Waals surface area contributed by atoms with Crippen molar-refractivity contribution >= 4 is 5.69 Å². The number of benzene rings is 2. The van der Waals surface area contributed by atoms with Gasteiger partial charge in [0.2, 0.25) is 0 Å². The summed E-state index contributed by atoms with van der Waals surface area (Å²) >= 11 is 0. The minimum absolute atomic E-state index is 0.0623. The largest absolute Gasteiger partial charge is 0.417 e. The summed E-state index contributed by atoms with van der Waals surface area (Å²) in [6, 6.07) is 7.21. The topological polar surface area (TPSA) is 15.3 Å². The van der Waals surface area contributed by atoms with E-state index in [0.717, 1.165) is 56.1 Å². The van der Waals surface area contributed by atoms with E-state index in [1.807, 2.05) is 12.1 Å². The molecule has 6 heteroatoms. The number of hydrogen-bond donors (Lipinski definition) is 1. The Hall–Kier alpha value is -2.08. The molecule has 5 rings (SSSR count). The van der Waals surface area contributed by atoms with Gasteiger partial charge in [-0.3, -0.25) is 0 Å². The van der Waals surface area contributed by atoms with E-state index < -0.39 is 17.6 Å². The predicted molar refractivity (Wildman–Crippen MR) is 96.5 cm³/mol. The molecule has 0 radical (unpaired) electrons. The van der Waals surface area contributed by atoms with E-state index in [0.29, 0.717) is 23.6 Å². The lowest BCUT2D eigenvalue weighted by Gasteiger charge is -2.36. The van der Waals surface area contributed by atoms with E-state index in [1.54, 1.807) is 0 Å². The van der Waals surface area contributed by atoms with Crippen LogP contribution in [-0.4, -0.2) is 25.7 Å². The monoisotopic (exact) mass is 376 g/mol. The van der Waals surface area contributed by atoms with Crippen molar-refractivity contribution in [2.75, 3.05) is 24.5 Å². The van der Waals surface area contributed by atoms with Crippen LogP contribution in [-0.2, 0) is 12.6 Å². The fourth-order valence-electron chi connectivity index (χ4n) is 5.12. The lowest BCUT2D eigenvalue weighted by Crippen LogP contribution is -2.45. The van der Waals surface area contributed by atoms with E-state index in [2.05, 4.69) is 10.2 Å². The number of aryl methyl sites for hydroxylation is 1. The van der Waals surface area contributed by atoms with Crippen LogP contribution in [0.1, 0.15) is 35.4 Å². The number of nitrogens with one attached hydrogen (secondary N) is 1. The molecule has 1 fully saturated rings. The van der Waals surface area contributed by atoms with Crippen LogP contribution in [0.15, 0.2) is 30.3 Å². The molecule has 1 N–H and O–H groups in total. The molecule has 0 aliphatic carbocycles. The van der Waals surface area contributed by atoms with Crippen molar-refractivity contribution in [3.63, 3.8) is 0 Å². The molecule has 0 spiro atoms. The van der Waals surface area contributed by atoms with Crippen molar-refractivity contribution in [2.24, 2.45) is 0 Å². The van der Waals surface area contributed by atoms with Crippen LogP contribution in [0.4, 0.5) is 23.2 Å². The van der Waals surface area contributed by atoms with E-state index in [-0.39, 0.29) is 5.56 Å². The Bertz CT molecular complexity index is 906. The fourth-order valence-corrected chi connectivity index (χ4v) is 5.12. The van der Waals surface area contributed by atoms with Crippen LogP contribution in [0.3, 0.4) is 0 Å². The summed E-state index contributed by atoms with van der Waals surface area (Å²) < 4.78 is 54.1. The average molecular weight is 376 g/mol. The second-order valence-electron chi connectivity index (χ2n) is 7.72. The number of alkyl halides is 3. The highest BCUT2D eigenvalue weighted by Gasteiger charge is 2.42. The third-order valence-corrected chi connectivity index (χ3v) is 6.19. The Balaban J connectivity index is 1.70. The fraction of sp³-hybridized carbons (Fsp3) is 0.429. The zero-order chi connectivity index (χ0) is 18.8. The first-order valence-electron chi connectivity index (χ1n) is 9.45. The summed E-state index contributed by atoms with van der Waals surface area (Å²) in [5.41, 5.74) is 3.21. The Morgan fingerprint density at radius 2 is 1.96 bits per heavy atom. The van der Waals surface area contributed by atoms with Crippen LogP contribution in [0.5, 0.6) is 0 Å². The summed E-state index contributed by atoms with van der Waals surface area (Å²) in [7, 11) is 0. The molecule has 27 heavy (non-hydrogen) atoms. The highest BCUT2D eigenvalue weighted by molar-refractivity contribution is 5.78. The number of nitrogens with zero attached hydrogens (tertiary/aromatic N) is 1. The van der Waals surface area contributed by atoms with Crippen LogP contribution in [0.25, 0.3) is 11.1 Å². The van der Waals surface area contributed by atoms with Crippen LogP contribution in [0.2, 0.25) is 0 Å². The third kappa shape index (κ3) is 2.64. The van der Waals surface area contributed by atoms with Crippen molar-refractivity contribution in [1.29, 1.82) is 0 Å². The highest BCUT2D eigenvalue weighted by Crippen LogP contribution is 2.49. The first-order chi connectivity index (χ1) is 12.9. The number of piperidine rings is 1. The van der Waals surface area contributed by atoms with E-state index in [1.165, 1.54) is 11.8 Å². The molecule has 3 heterocycles. The highest BCUT2D eigenvalue weighted by atomic mass is 19.4. The predicted octanol–water partition coefficient (Wildman–Crippen LogP) is 4.72. The molecule has 2 atom stereocenters. The van der Waals surface area contributed by atoms with E-state index >= 15 is 0 Å². The average Bonchev–Trinajstić information content (AvgIpc) is 2.97. The Morgan fingerprint density at radius 1 is 1.11 bits per heavy atom. The molecule has 0 unspecified atom stereocenters. The smallest absolute Gasteiger partial charge is 0.367 e. The lowest BCUT2D eigenvalue weighted by molar-refractivity contribution is -0.137. The molecule has 0 amide bonds. The summed E-state index contributed by atoms with van der Waals surface area (Å²) in [5, 5.41) is 3.43. The summed E-state index contributed by atoms with van der Waals surface area (Å²) in [6.07, 6.45) is -1.64. The molecular formula is C21H20F4N2. The molecule has 1 saturated heterocycles. The SMILES string of the molecule is Fc1ccc(-c2cc3c4c(c2)[C@H]2CNCC[C@H]2N4CCC3)c(C(F)(F)F)c1. The number of hydrogen-bond acceptors (Lipinski definition) is 2. The zero-order valence-corrected chi connectivity index (χ0v) is 14.7. The molecule has 2 aromatic rings. The number of halogens is 4. The van der Waals surface area contributed by atoms with Crippen molar-refractivity contribution in [3.8, 4) is 11.1 Å². The first kappa shape index (κ1) is 17.0. The van der Waals surface area contributed by atoms with Gasteiger partial charge >= 0.3 is 6.18 Å². The second-order valence-corrected chi connectivity index (χ2v) is 7.72. The molecule has 0 bridgehead atoms. The van der Waals surface area contributed by atoms with Gasteiger partial charge in [0.25, 0.3) is 0 Å². The molecule has 3 aliphatic rings. The third-order valence-electron chi connectivity index (χ3n) is 6.19. The van der Waals surface area contributed by atoms with Gasteiger partial charge in [0, 0.05) is 30.7 Å². The second kappa shape index (κ2) is 5.96. The summed E-state index contributed by atoms with van der Waals surface area (Å²) in [4.78, 5) is 2.47. The van der Waals surface area contributed by atoms with Gasteiger partial charge in [0.15, 0.2) is 0 Å². The van der Waals surface area contributed by atoms with Gasteiger partial charge in [-0.15, -0.1) is 0 Å². The van der Waals surface area contributed by atoms with Gasteiger partial charge in [0.05, 0.1) is 5.56 Å². The molecule has 142 valence electrons. The molecule has 3 aliphatic heterocycles. The molecule has 0 saturated carbocycles. The van der Waals surface area contributed by atoms with Crippen molar-refractivity contribution in [3.05, 3.63) is 52.8 Å². The van der Waals surface area contributed by atoms with Crippen LogP contribution >= 0.6 is 0 Å². The standard InChI is InChI=1S/C21H20F4N2/c22-14-3-4-15(18(10-14)21(23,24)25)13-8-12-2-1-7-27-19-5-6-26-11-17(19)16(9-13)20(12)27/h3-4,8-10,17,19,26H,1-2,5-7,11H2/t17-,19-/m1/s1. The number of rotatable bonds is 1. The maximum atomic E-state index is 13.5. The van der Waals surface area contributed by atoms with E-state index in [9.17, 15) is 17.6 Å². The molecular weight excluding hydrogens is 356 g/mol. The molecule has 0 aromatic heterocycles. The van der Waals surface area contributed by atoms with Crippen molar-refractivity contribution < 1.29 is 17.6 Å².